The maximum atomic E-state index is 11.3. The summed E-state index contributed by atoms with van der Waals surface area (Å²) in [6.45, 7) is 5.14. The molecule has 2 heterocycles. The lowest BCUT2D eigenvalue weighted by molar-refractivity contribution is 0.0600. The molecule has 1 aromatic rings. The molecule has 106 valence electrons. The van der Waals surface area contributed by atoms with Gasteiger partial charge in [-0.15, -0.1) is 0 Å². The van der Waals surface area contributed by atoms with E-state index >= 15 is 0 Å². The Morgan fingerprint density at radius 1 is 1.63 bits per heavy atom. The standard InChI is InChI=1S/C14H22N2O3/c1-10-8-16(2)5-4-13(10)15-7-12-6-11(9-19-12)14(17)18-3/h6,9-10,13,15H,4-5,7-8H2,1-3H3. The van der Waals surface area contributed by atoms with Crippen molar-refractivity contribution in [2.75, 3.05) is 27.2 Å². The largest absolute Gasteiger partial charge is 0.467 e. The van der Waals surface area contributed by atoms with E-state index in [0.717, 1.165) is 25.3 Å². The molecule has 19 heavy (non-hydrogen) atoms. The molecule has 1 aliphatic rings. The van der Waals surface area contributed by atoms with Crippen molar-refractivity contribution in [2.24, 2.45) is 5.92 Å². The number of furan rings is 1. The van der Waals surface area contributed by atoms with Crippen LogP contribution in [0.1, 0.15) is 29.5 Å². The molecule has 2 atom stereocenters. The van der Waals surface area contributed by atoms with Gasteiger partial charge in [0.05, 0.1) is 19.2 Å². The van der Waals surface area contributed by atoms with Gasteiger partial charge in [-0.25, -0.2) is 4.79 Å². The lowest BCUT2D eigenvalue weighted by atomic mass is 9.94. The van der Waals surface area contributed by atoms with Gasteiger partial charge in [0.15, 0.2) is 0 Å². The molecule has 0 spiro atoms. The Labute approximate surface area is 113 Å². The molecule has 1 saturated heterocycles. The van der Waals surface area contributed by atoms with Crippen LogP contribution in [0.4, 0.5) is 0 Å². The van der Waals surface area contributed by atoms with Crippen molar-refractivity contribution in [2.45, 2.75) is 25.9 Å². The van der Waals surface area contributed by atoms with Gasteiger partial charge in [0, 0.05) is 12.6 Å². The lowest BCUT2D eigenvalue weighted by Crippen LogP contribution is -2.46. The second kappa shape index (κ2) is 6.21. The highest BCUT2D eigenvalue weighted by Gasteiger charge is 2.23. The molecular formula is C14H22N2O3. The highest BCUT2D eigenvalue weighted by atomic mass is 16.5. The van der Waals surface area contributed by atoms with Gasteiger partial charge in [0.2, 0.25) is 0 Å². The first kappa shape index (κ1) is 14.1. The minimum absolute atomic E-state index is 0.359. The third kappa shape index (κ3) is 3.58. The van der Waals surface area contributed by atoms with E-state index in [9.17, 15) is 4.79 Å². The quantitative estimate of drug-likeness (QED) is 0.837. The number of esters is 1. The van der Waals surface area contributed by atoms with Crippen molar-refractivity contribution in [3.8, 4) is 0 Å². The van der Waals surface area contributed by atoms with Crippen LogP contribution in [0, 0.1) is 5.92 Å². The SMILES string of the molecule is COC(=O)c1coc(CNC2CCN(C)CC2C)c1. The van der Waals surface area contributed by atoms with Crippen LogP contribution in [-0.2, 0) is 11.3 Å². The van der Waals surface area contributed by atoms with Gasteiger partial charge in [-0.1, -0.05) is 6.92 Å². The molecule has 0 bridgehead atoms. The third-order valence-electron chi connectivity index (χ3n) is 3.72. The monoisotopic (exact) mass is 266 g/mol. The number of carbonyl (C=O) groups excluding carboxylic acids is 1. The van der Waals surface area contributed by atoms with Crippen molar-refractivity contribution < 1.29 is 13.9 Å². The molecule has 0 amide bonds. The molecule has 2 unspecified atom stereocenters. The number of likely N-dealkylation sites (tertiary alicyclic amines) is 1. The van der Waals surface area contributed by atoms with Gasteiger partial charge < -0.3 is 19.4 Å². The molecule has 0 saturated carbocycles. The van der Waals surface area contributed by atoms with Crippen molar-refractivity contribution in [1.29, 1.82) is 0 Å². The minimum Gasteiger partial charge on any atom is -0.467 e. The van der Waals surface area contributed by atoms with Crippen LogP contribution in [0.5, 0.6) is 0 Å². The van der Waals surface area contributed by atoms with Crippen molar-refractivity contribution in [1.82, 2.24) is 10.2 Å². The van der Waals surface area contributed by atoms with Gasteiger partial charge in [0.25, 0.3) is 0 Å². The number of carbonyl (C=O) groups is 1. The Bertz CT molecular complexity index is 430. The minimum atomic E-state index is -0.359. The number of hydrogen-bond acceptors (Lipinski definition) is 5. The fraction of sp³-hybridized carbons (Fsp3) is 0.643. The Morgan fingerprint density at radius 3 is 3.11 bits per heavy atom. The highest BCUT2D eigenvalue weighted by molar-refractivity contribution is 5.88. The number of ether oxygens (including phenoxy) is 1. The zero-order valence-electron chi connectivity index (χ0n) is 11.8. The molecule has 1 fully saturated rings. The molecule has 5 heteroatoms. The van der Waals surface area contributed by atoms with Crippen LogP contribution in [0.15, 0.2) is 16.7 Å². The first-order valence-corrected chi connectivity index (χ1v) is 6.67. The summed E-state index contributed by atoms with van der Waals surface area (Å²) < 4.78 is 10.0. The van der Waals surface area contributed by atoms with E-state index in [4.69, 9.17) is 4.42 Å². The average Bonchev–Trinajstić information content (AvgIpc) is 2.85. The molecule has 1 N–H and O–H groups in total. The Balaban J connectivity index is 1.85. The molecule has 0 radical (unpaired) electrons. The molecule has 1 aliphatic heterocycles. The predicted octanol–water partition coefficient (Wildman–Crippen LogP) is 1.50. The normalized spacial score (nSPS) is 24.4. The first-order chi connectivity index (χ1) is 9.10. The summed E-state index contributed by atoms with van der Waals surface area (Å²) in [6, 6.07) is 2.24. The van der Waals surface area contributed by atoms with Crippen molar-refractivity contribution in [3.63, 3.8) is 0 Å². The number of nitrogens with one attached hydrogen (secondary N) is 1. The zero-order chi connectivity index (χ0) is 13.8. The summed E-state index contributed by atoms with van der Waals surface area (Å²) in [7, 11) is 3.52. The van der Waals surface area contributed by atoms with E-state index in [1.807, 2.05) is 0 Å². The molecule has 5 nitrogen and oxygen atoms in total. The summed E-state index contributed by atoms with van der Waals surface area (Å²) in [6.07, 6.45) is 2.59. The summed E-state index contributed by atoms with van der Waals surface area (Å²) in [5, 5.41) is 3.51. The highest BCUT2D eigenvalue weighted by Crippen LogP contribution is 2.16. The number of rotatable bonds is 4. The number of methoxy groups -OCH3 is 1. The maximum Gasteiger partial charge on any atom is 0.341 e. The average molecular weight is 266 g/mol. The van der Waals surface area contributed by atoms with Crippen LogP contribution in [0.3, 0.4) is 0 Å². The second-order valence-electron chi connectivity index (χ2n) is 5.31. The van der Waals surface area contributed by atoms with Gasteiger partial charge in [-0.3, -0.25) is 0 Å². The van der Waals surface area contributed by atoms with Crippen molar-refractivity contribution in [3.05, 3.63) is 23.7 Å². The van der Waals surface area contributed by atoms with Crippen LogP contribution >= 0.6 is 0 Å². The van der Waals surface area contributed by atoms with Crippen LogP contribution in [-0.4, -0.2) is 44.2 Å². The second-order valence-corrected chi connectivity index (χ2v) is 5.31. The fourth-order valence-corrected chi connectivity index (χ4v) is 2.59. The van der Waals surface area contributed by atoms with Crippen LogP contribution in [0.25, 0.3) is 0 Å². The Kier molecular flexibility index (Phi) is 4.61. The Morgan fingerprint density at radius 2 is 2.42 bits per heavy atom. The summed E-state index contributed by atoms with van der Waals surface area (Å²) in [4.78, 5) is 13.7. The number of piperidine rings is 1. The predicted molar refractivity (Wildman–Crippen MR) is 72.0 cm³/mol. The van der Waals surface area contributed by atoms with Crippen LogP contribution in [0.2, 0.25) is 0 Å². The van der Waals surface area contributed by atoms with Crippen LogP contribution < -0.4 is 5.32 Å². The molecular weight excluding hydrogens is 244 g/mol. The molecule has 0 aliphatic carbocycles. The van der Waals surface area contributed by atoms with Gasteiger partial charge in [-0.05, 0) is 32.0 Å². The summed E-state index contributed by atoms with van der Waals surface area (Å²) in [5.41, 5.74) is 0.468. The maximum absolute atomic E-state index is 11.3. The van der Waals surface area contributed by atoms with E-state index in [2.05, 4.69) is 28.9 Å². The topological polar surface area (TPSA) is 54.7 Å². The molecule has 2 rings (SSSR count). The fourth-order valence-electron chi connectivity index (χ4n) is 2.59. The molecule has 1 aromatic heterocycles. The lowest BCUT2D eigenvalue weighted by Gasteiger charge is -2.35. The van der Waals surface area contributed by atoms with E-state index in [0.29, 0.717) is 24.1 Å². The first-order valence-electron chi connectivity index (χ1n) is 6.67. The van der Waals surface area contributed by atoms with E-state index in [-0.39, 0.29) is 5.97 Å². The van der Waals surface area contributed by atoms with Crippen molar-refractivity contribution >= 4 is 5.97 Å². The van der Waals surface area contributed by atoms with E-state index < -0.39 is 0 Å². The summed E-state index contributed by atoms with van der Waals surface area (Å²) >= 11 is 0. The number of nitrogens with zero attached hydrogens (tertiary/aromatic N) is 1. The number of hydrogen-bond donors (Lipinski definition) is 1. The van der Waals surface area contributed by atoms with E-state index in [1.165, 1.54) is 13.4 Å². The van der Waals surface area contributed by atoms with Gasteiger partial charge >= 0.3 is 5.97 Å². The molecule has 0 aromatic carbocycles. The Hall–Kier alpha value is -1.33. The smallest absolute Gasteiger partial charge is 0.341 e. The summed E-state index contributed by atoms with van der Waals surface area (Å²) in [5.74, 6) is 1.03. The van der Waals surface area contributed by atoms with E-state index in [1.54, 1.807) is 6.07 Å². The third-order valence-corrected chi connectivity index (χ3v) is 3.72. The van der Waals surface area contributed by atoms with Gasteiger partial charge in [0.1, 0.15) is 12.0 Å². The zero-order valence-corrected chi connectivity index (χ0v) is 11.8. The van der Waals surface area contributed by atoms with Gasteiger partial charge in [-0.2, -0.15) is 0 Å².